The lowest BCUT2D eigenvalue weighted by Crippen LogP contribution is -2.28. The minimum Gasteiger partial charge on any atom is -0.350 e. The van der Waals surface area contributed by atoms with E-state index in [1.807, 2.05) is 35.8 Å². The molecule has 1 heterocycles. The van der Waals surface area contributed by atoms with E-state index < -0.39 is 15.9 Å². The first-order valence-electron chi connectivity index (χ1n) is 9.23. The van der Waals surface area contributed by atoms with Gasteiger partial charge in [0, 0.05) is 25.7 Å². The highest BCUT2D eigenvalue weighted by Crippen LogP contribution is 2.22. The van der Waals surface area contributed by atoms with Crippen molar-refractivity contribution >= 4 is 44.2 Å². The Balaban J connectivity index is 1.79. The molecule has 0 aliphatic carbocycles. The van der Waals surface area contributed by atoms with Gasteiger partial charge in [0.15, 0.2) is 0 Å². The number of carbonyl (C=O) groups excluding carboxylic acids is 2. The Morgan fingerprint density at radius 3 is 2.57 bits per heavy atom. The molecule has 3 rings (SSSR count). The molecular weight excluding hydrogens is 406 g/mol. The summed E-state index contributed by atoms with van der Waals surface area (Å²) in [5.41, 5.74) is 2.48. The van der Waals surface area contributed by atoms with Gasteiger partial charge in [-0.15, -0.1) is 0 Å². The maximum atomic E-state index is 12.8. The molecule has 0 fully saturated rings. The Morgan fingerprint density at radius 1 is 1.13 bits per heavy atom. The zero-order valence-corrected chi connectivity index (χ0v) is 17.7. The number of aromatic nitrogens is 2. The molecule has 0 aliphatic rings. The Bertz CT molecular complexity index is 1220. The maximum Gasteiger partial charge on any atom is 0.253 e. The summed E-state index contributed by atoms with van der Waals surface area (Å²) in [5, 5.41) is 5.39. The molecule has 0 atom stereocenters. The number of sulfonamides is 1. The number of benzene rings is 2. The Labute approximate surface area is 174 Å². The quantitative estimate of drug-likeness (QED) is 0.531. The first-order chi connectivity index (χ1) is 14.1. The largest absolute Gasteiger partial charge is 0.350 e. The van der Waals surface area contributed by atoms with Crippen molar-refractivity contribution in [3.63, 3.8) is 0 Å². The highest BCUT2D eigenvalue weighted by molar-refractivity contribution is 7.92. The van der Waals surface area contributed by atoms with Gasteiger partial charge in [0.2, 0.25) is 15.9 Å². The van der Waals surface area contributed by atoms with Crippen LogP contribution in [-0.4, -0.2) is 42.6 Å². The molecule has 0 bridgehead atoms. The van der Waals surface area contributed by atoms with Crippen molar-refractivity contribution in [1.29, 1.82) is 0 Å². The summed E-state index contributed by atoms with van der Waals surface area (Å²) in [4.78, 5) is 28.6. The third-order valence-corrected chi connectivity index (χ3v) is 4.94. The van der Waals surface area contributed by atoms with Crippen molar-refractivity contribution in [3.05, 3.63) is 53.9 Å². The number of hydrogen-bond acceptors (Lipinski definition) is 5. The standard InChI is InChI=1S/C20H23N5O4S/c1-13-22-18-6-4-5-7-19(18)25(13)11-10-21-20(27)16-12-15(23-14(2)26)8-9-17(16)24-30(3,28)29/h4-9,12,24H,10-11H2,1-3H3,(H,21,27)(H,23,26). The summed E-state index contributed by atoms with van der Waals surface area (Å²) in [5.74, 6) is 0.0700. The lowest BCUT2D eigenvalue weighted by atomic mass is 10.1. The number of nitrogens with zero attached hydrogens (tertiary/aromatic N) is 2. The Kier molecular flexibility index (Phi) is 6.06. The number of aryl methyl sites for hydroxylation is 1. The fraction of sp³-hybridized carbons (Fsp3) is 0.250. The van der Waals surface area contributed by atoms with E-state index in [9.17, 15) is 18.0 Å². The number of amides is 2. The van der Waals surface area contributed by atoms with Crippen molar-refractivity contribution in [1.82, 2.24) is 14.9 Å². The molecule has 9 nitrogen and oxygen atoms in total. The average Bonchev–Trinajstić information content (AvgIpc) is 2.97. The highest BCUT2D eigenvalue weighted by Gasteiger charge is 2.16. The summed E-state index contributed by atoms with van der Waals surface area (Å²) in [7, 11) is -3.58. The number of imidazole rings is 1. The fourth-order valence-electron chi connectivity index (χ4n) is 3.16. The van der Waals surface area contributed by atoms with E-state index in [-0.39, 0.29) is 17.2 Å². The van der Waals surface area contributed by atoms with Crippen molar-refractivity contribution < 1.29 is 18.0 Å². The van der Waals surface area contributed by atoms with Gasteiger partial charge in [0.1, 0.15) is 5.82 Å². The molecule has 3 N–H and O–H groups in total. The van der Waals surface area contributed by atoms with Gasteiger partial charge in [-0.05, 0) is 37.3 Å². The van der Waals surface area contributed by atoms with Gasteiger partial charge in [-0.1, -0.05) is 12.1 Å². The van der Waals surface area contributed by atoms with E-state index >= 15 is 0 Å². The van der Waals surface area contributed by atoms with Crippen LogP contribution in [0.4, 0.5) is 11.4 Å². The first-order valence-corrected chi connectivity index (χ1v) is 11.1. The van der Waals surface area contributed by atoms with Crippen LogP contribution in [0.1, 0.15) is 23.1 Å². The second-order valence-electron chi connectivity index (χ2n) is 6.87. The number of hydrogen-bond donors (Lipinski definition) is 3. The van der Waals surface area contributed by atoms with Crippen LogP contribution in [0.3, 0.4) is 0 Å². The second-order valence-corrected chi connectivity index (χ2v) is 8.62. The van der Waals surface area contributed by atoms with Crippen molar-refractivity contribution in [2.45, 2.75) is 20.4 Å². The third kappa shape index (κ3) is 5.15. The van der Waals surface area contributed by atoms with Crippen LogP contribution >= 0.6 is 0 Å². The van der Waals surface area contributed by atoms with Gasteiger partial charge in [0.05, 0.1) is 28.5 Å². The van der Waals surface area contributed by atoms with Gasteiger partial charge in [-0.3, -0.25) is 14.3 Å². The monoisotopic (exact) mass is 429 g/mol. The zero-order chi connectivity index (χ0) is 21.9. The second kappa shape index (κ2) is 8.54. The molecule has 10 heteroatoms. The smallest absolute Gasteiger partial charge is 0.253 e. The molecule has 0 saturated heterocycles. The molecule has 0 spiro atoms. The van der Waals surface area contributed by atoms with Gasteiger partial charge in [-0.2, -0.15) is 0 Å². The van der Waals surface area contributed by atoms with Crippen LogP contribution in [0.15, 0.2) is 42.5 Å². The summed E-state index contributed by atoms with van der Waals surface area (Å²) in [6, 6.07) is 12.1. The van der Waals surface area contributed by atoms with E-state index in [0.29, 0.717) is 18.8 Å². The van der Waals surface area contributed by atoms with Gasteiger partial charge in [-0.25, -0.2) is 13.4 Å². The predicted molar refractivity (Wildman–Crippen MR) is 116 cm³/mol. The van der Waals surface area contributed by atoms with Crippen molar-refractivity contribution in [2.24, 2.45) is 0 Å². The van der Waals surface area contributed by atoms with Crippen LogP contribution in [-0.2, 0) is 21.4 Å². The molecule has 158 valence electrons. The van der Waals surface area contributed by atoms with Crippen LogP contribution < -0.4 is 15.4 Å². The minimum atomic E-state index is -3.58. The van der Waals surface area contributed by atoms with Crippen LogP contribution in [0.2, 0.25) is 0 Å². The molecule has 1 aromatic heterocycles. The lowest BCUT2D eigenvalue weighted by molar-refractivity contribution is -0.114. The molecule has 0 aliphatic heterocycles. The number of rotatable bonds is 7. The fourth-order valence-corrected chi connectivity index (χ4v) is 3.73. The Hall–Kier alpha value is -3.40. The normalized spacial score (nSPS) is 11.3. The average molecular weight is 430 g/mol. The maximum absolute atomic E-state index is 12.8. The number of para-hydroxylation sites is 2. The van der Waals surface area contributed by atoms with Gasteiger partial charge in [0.25, 0.3) is 5.91 Å². The van der Waals surface area contributed by atoms with E-state index in [2.05, 4.69) is 20.3 Å². The third-order valence-electron chi connectivity index (χ3n) is 4.35. The van der Waals surface area contributed by atoms with Gasteiger partial charge < -0.3 is 15.2 Å². The molecule has 0 unspecified atom stereocenters. The topological polar surface area (TPSA) is 122 Å². The van der Waals surface area contributed by atoms with Gasteiger partial charge >= 0.3 is 0 Å². The van der Waals surface area contributed by atoms with Crippen LogP contribution in [0, 0.1) is 6.92 Å². The van der Waals surface area contributed by atoms with E-state index in [1.165, 1.54) is 25.1 Å². The molecule has 2 amide bonds. The van der Waals surface area contributed by atoms with Crippen LogP contribution in [0.5, 0.6) is 0 Å². The molecule has 0 saturated carbocycles. The molecule has 0 radical (unpaired) electrons. The summed E-state index contributed by atoms with van der Waals surface area (Å²) < 4.78 is 27.6. The number of fused-ring (bicyclic) bond motifs is 1. The molecule has 2 aromatic carbocycles. The molecule has 30 heavy (non-hydrogen) atoms. The highest BCUT2D eigenvalue weighted by atomic mass is 32.2. The van der Waals surface area contributed by atoms with Crippen LogP contribution in [0.25, 0.3) is 11.0 Å². The SMILES string of the molecule is CC(=O)Nc1ccc(NS(C)(=O)=O)c(C(=O)NCCn2c(C)nc3ccccc32)c1. The van der Waals surface area contributed by atoms with E-state index in [4.69, 9.17) is 0 Å². The number of anilines is 2. The zero-order valence-electron chi connectivity index (χ0n) is 16.9. The van der Waals surface area contributed by atoms with E-state index in [0.717, 1.165) is 23.1 Å². The Morgan fingerprint density at radius 2 is 1.87 bits per heavy atom. The van der Waals surface area contributed by atoms with Crippen molar-refractivity contribution in [3.8, 4) is 0 Å². The summed E-state index contributed by atoms with van der Waals surface area (Å²) in [6.07, 6.45) is 1.00. The summed E-state index contributed by atoms with van der Waals surface area (Å²) in [6.45, 7) is 4.05. The number of nitrogens with one attached hydrogen (secondary N) is 3. The molecular formula is C20H23N5O4S. The minimum absolute atomic E-state index is 0.110. The van der Waals surface area contributed by atoms with Crippen molar-refractivity contribution in [2.75, 3.05) is 22.8 Å². The predicted octanol–water partition coefficient (Wildman–Crippen LogP) is 2.10. The van der Waals surface area contributed by atoms with E-state index in [1.54, 1.807) is 0 Å². The summed E-state index contributed by atoms with van der Waals surface area (Å²) >= 11 is 0. The molecule has 3 aromatic rings. The lowest BCUT2D eigenvalue weighted by Gasteiger charge is -2.14. The first kappa shape index (κ1) is 21.3. The number of carbonyl (C=O) groups is 2.